The van der Waals surface area contributed by atoms with E-state index in [9.17, 15) is 5.11 Å². The molecule has 5 heteroatoms. The van der Waals surface area contributed by atoms with Crippen LogP contribution < -0.4 is 0 Å². The summed E-state index contributed by atoms with van der Waals surface area (Å²) in [5.41, 5.74) is 0.801. The molecule has 1 N–H and O–H groups in total. The van der Waals surface area contributed by atoms with Gasteiger partial charge in [0, 0.05) is 6.61 Å². The maximum atomic E-state index is 9.91. The van der Waals surface area contributed by atoms with Crippen LogP contribution >= 0.6 is 27.3 Å². The first-order chi connectivity index (χ1) is 5.97. The van der Waals surface area contributed by atoms with Crippen LogP contribution in [0.1, 0.15) is 24.4 Å². The molecule has 0 aliphatic heterocycles. The third kappa shape index (κ3) is 2.49. The monoisotopic (exact) mass is 265 g/mol. The van der Waals surface area contributed by atoms with Gasteiger partial charge in [-0.15, -0.1) is 11.3 Å². The molecule has 0 bridgehead atoms. The SMILES string of the molecule is CCOC(C)(O)c1sc(Br)nc1C. The molecule has 1 atom stereocenters. The van der Waals surface area contributed by atoms with Crippen molar-refractivity contribution in [3.8, 4) is 0 Å². The number of thiazole rings is 1. The van der Waals surface area contributed by atoms with Crippen LogP contribution in [0, 0.1) is 6.92 Å². The number of aromatic nitrogens is 1. The Morgan fingerprint density at radius 3 is 2.69 bits per heavy atom. The fourth-order valence-corrected chi connectivity index (χ4v) is 2.68. The Morgan fingerprint density at radius 1 is 1.69 bits per heavy atom. The molecule has 0 spiro atoms. The van der Waals surface area contributed by atoms with Gasteiger partial charge in [0.1, 0.15) is 0 Å². The molecule has 0 amide bonds. The van der Waals surface area contributed by atoms with Gasteiger partial charge in [-0.05, 0) is 36.7 Å². The highest BCUT2D eigenvalue weighted by Crippen LogP contribution is 2.32. The van der Waals surface area contributed by atoms with Crippen molar-refractivity contribution in [2.24, 2.45) is 0 Å². The molecule has 0 fully saturated rings. The Labute approximate surface area is 89.9 Å². The summed E-state index contributed by atoms with van der Waals surface area (Å²) in [4.78, 5) is 4.91. The largest absolute Gasteiger partial charge is 0.361 e. The van der Waals surface area contributed by atoms with E-state index in [1.807, 2.05) is 13.8 Å². The van der Waals surface area contributed by atoms with Gasteiger partial charge in [0.05, 0.1) is 10.6 Å². The fourth-order valence-electron chi connectivity index (χ4n) is 1.14. The first kappa shape index (κ1) is 11.1. The minimum absolute atomic E-state index is 0.474. The summed E-state index contributed by atoms with van der Waals surface area (Å²) < 4.78 is 5.98. The van der Waals surface area contributed by atoms with Crippen molar-refractivity contribution >= 4 is 27.3 Å². The number of rotatable bonds is 3. The Bertz CT molecular complexity index is 298. The van der Waals surface area contributed by atoms with Gasteiger partial charge in [0.25, 0.3) is 0 Å². The second kappa shape index (κ2) is 4.04. The topological polar surface area (TPSA) is 42.4 Å². The molecular weight excluding hydrogens is 254 g/mol. The van der Waals surface area contributed by atoms with Gasteiger partial charge in [0.2, 0.25) is 5.79 Å². The highest BCUT2D eigenvalue weighted by atomic mass is 79.9. The Morgan fingerprint density at radius 2 is 2.31 bits per heavy atom. The van der Waals surface area contributed by atoms with E-state index in [0.717, 1.165) is 14.5 Å². The first-order valence-electron chi connectivity index (χ1n) is 3.97. The third-order valence-corrected chi connectivity index (χ3v) is 3.42. The highest BCUT2D eigenvalue weighted by molar-refractivity contribution is 9.11. The molecule has 74 valence electrons. The predicted octanol–water partition coefficient (Wildman–Crippen LogP) is 2.42. The van der Waals surface area contributed by atoms with E-state index < -0.39 is 5.79 Å². The molecule has 13 heavy (non-hydrogen) atoms. The van der Waals surface area contributed by atoms with E-state index in [1.165, 1.54) is 11.3 Å². The van der Waals surface area contributed by atoms with Gasteiger partial charge in [0.15, 0.2) is 3.92 Å². The molecule has 0 radical (unpaired) electrons. The van der Waals surface area contributed by atoms with Crippen molar-refractivity contribution < 1.29 is 9.84 Å². The van der Waals surface area contributed by atoms with Crippen LogP contribution in [0.3, 0.4) is 0 Å². The fraction of sp³-hybridized carbons (Fsp3) is 0.625. The van der Waals surface area contributed by atoms with Crippen molar-refractivity contribution in [2.75, 3.05) is 6.61 Å². The lowest BCUT2D eigenvalue weighted by Gasteiger charge is -2.21. The van der Waals surface area contributed by atoms with Crippen LogP contribution in [0.2, 0.25) is 0 Å². The molecule has 0 aliphatic rings. The maximum absolute atomic E-state index is 9.91. The average Bonchev–Trinajstić information content (AvgIpc) is 2.30. The summed E-state index contributed by atoms with van der Waals surface area (Å²) in [6.07, 6.45) is 0. The number of halogens is 1. The van der Waals surface area contributed by atoms with Crippen molar-refractivity contribution in [3.05, 3.63) is 14.5 Å². The predicted molar refractivity (Wildman–Crippen MR) is 55.7 cm³/mol. The number of hydrogen-bond donors (Lipinski definition) is 1. The molecular formula is C8H12BrNO2S. The second-order valence-corrected chi connectivity index (χ2v) is 5.07. The maximum Gasteiger partial charge on any atom is 0.200 e. The van der Waals surface area contributed by atoms with Crippen LogP contribution in [0.25, 0.3) is 0 Å². The average molecular weight is 266 g/mol. The van der Waals surface area contributed by atoms with Crippen molar-refractivity contribution in [1.82, 2.24) is 4.98 Å². The summed E-state index contributed by atoms with van der Waals surface area (Å²) in [5.74, 6) is -1.22. The van der Waals surface area contributed by atoms with Gasteiger partial charge in [-0.1, -0.05) is 0 Å². The molecule has 1 aromatic heterocycles. The molecule has 1 aromatic rings. The van der Waals surface area contributed by atoms with Crippen molar-refractivity contribution in [3.63, 3.8) is 0 Å². The normalized spacial score (nSPS) is 15.8. The van der Waals surface area contributed by atoms with Gasteiger partial charge in [-0.3, -0.25) is 0 Å². The van der Waals surface area contributed by atoms with Crippen molar-refractivity contribution in [2.45, 2.75) is 26.6 Å². The second-order valence-electron chi connectivity index (χ2n) is 2.80. The molecule has 1 heterocycles. The van der Waals surface area contributed by atoms with Crippen LogP contribution in [0.4, 0.5) is 0 Å². The smallest absolute Gasteiger partial charge is 0.200 e. The third-order valence-electron chi connectivity index (χ3n) is 1.62. The summed E-state index contributed by atoms with van der Waals surface area (Å²) in [6, 6.07) is 0. The van der Waals surface area contributed by atoms with E-state index >= 15 is 0 Å². The number of aliphatic hydroxyl groups is 1. The van der Waals surface area contributed by atoms with Gasteiger partial charge < -0.3 is 9.84 Å². The molecule has 0 aliphatic carbocycles. The first-order valence-corrected chi connectivity index (χ1v) is 5.58. The quantitative estimate of drug-likeness (QED) is 0.854. The minimum atomic E-state index is -1.22. The van der Waals surface area contributed by atoms with Gasteiger partial charge in [-0.25, -0.2) is 4.98 Å². The summed E-state index contributed by atoms with van der Waals surface area (Å²) in [6.45, 7) is 5.80. The van der Waals surface area contributed by atoms with Crippen LogP contribution in [0.15, 0.2) is 3.92 Å². The Kier molecular flexibility index (Phi) is 3.45. The minimum Gasteiger partial charge on any atom is -0.361 e. The highest BCUT2D eigenvalue weighted by Gasteiger charge is 2.28. The molecule has 1 unspecified atom stereocenters. The van der Waals surface area contributed by atoms with Gasteiger partial charge in [-0.2, -0.15) is 0 Å². The van der Waals surface area contributed by atoms with Gasteiger partial charge >= 0.3 is 0 Å². The number of hydrogen-bond acceptors (Lipinski definition) is 4. The number of ether oxygens (including phenoxy) is 1. The van der Waals surface area contributed by atoms with E-state index in [2.05, 4.69) is 20.9 Å². The van der Waals surface area contributed by atoms with Crippen molar-refractivity contribution in [1.29, 1.82) is 0 Å². The molecule has 0 saturated carbocycles. The summed E-state index contributed by atoms with van der Waals surface area (Å²) in [7, 11) is 0. The van der Waals surface area contributed by atoms with E-state index in [-0.39, 0.29) is 0 Å². The summed E-state index contributed by atoms with van der Waals surface area (Å²) in [5, 5.41) is 9.91. The van der Waals surface area contributed by atoms with E-state index in [4.69, 9.17) is 4.74 Å². The lowest BCUT2D eigenvalue weighted by molar-refractivity contribution is -0.193. The zero-order valence-corrected chi connectivity index (χ0v) is 10.2. The number of nitrogens with zero attached hydrogens (tertiary/aromatic N) is 1. The lowest BCUT2D eigenvalue weighted by Crippen LogP contribution is -2.24. The van der Waals surface area contributed by atoms with Crippen LogP contribution in [0.5, 0.6) is 0 Å². The molecule has 0 aromatic carbocycles. The van der Waals surface area contributed by atoms with E-state index in [0.29, 0.717) is 6.61 Å². The number of aryl methyl sites for hydroxylation is 1. The molecule has 0 saturated heterocycles. The standard InChI is InChI=1S/C8H12BrNO2S/c1-4-12-8(3,11)6-5(2)10-7(9)13-6/h11H,4H2,1-3H3. The zero-order valence-electron chi connectivity index (χ0n) is 7.80. The Hall–Kier alpha value is 0.0300. The van der Waals surface area contributed by atoms with Crippen LogP contribution in [-0.2, 0) is 10.5 Å². The Balaban J connectivity index is 2.98. The summed E-state index contributed by atoms with van der Waals surface area (Å²) >= 11 is 4.66. The van der Waals surface area contributed by atoms with E-state index in [1.54, 1.807) is 6.92 Å². The lowest BCUT2D eigenvalue weighted by atomic mass is 10.2. The molecule has 1 rings (SSSR count). The van der Waals surface area contributed by atoms with Crippen LogP contribution in [-0.4, -0.2) is 16.7 Å². The molecule has 3 nitrogen and oxygen atoms in total. The zero-order chi connectivity index (χ0) is 10.1.